The molecule has 0 amide bonds. The van der Waals surface area contributed by atoms with Crippen molar-refractivity contribution in [3.8, 4) is 0 Å². The molecule has 4 rings (SSSR count). The van der Waals surface area contributed by atoms with Gasteiger partial charge in [0, 0.05) is 31.9 Å². The number of furan rings is 1. The van der Waals surface area contributed by atoms with Crippen molar-refractivity contribution in [3.63, 3.8) is 0 Å². The number of hydrogen-bond donors (Lipinski definition) is 0. The lowest BCUT2D eigenvalue weighted by molar-refractivity contribution is -0.137. The van der Waals surface area contributed by atoms with Crippen LogP contribution in [0.2, 0.25) is 0 Å². The zero-order valence-corrected chi connectivity index (χ0v) is 17.3. The summed E-state index contributed by atoms with van der Waals surface area (Å²) in [5, 5.41) is 12.3. The molecule has 1 atom stereocenters. The van der Waals surface area contributed by atoms with Gasteiger partial charge in [-0.05, 0) is 47.2 Å². The van der Waals surface area contributed by atoms with Gasteiger partial charge in [0.2, 0.25) is 0 Å². The molecule has 0 bridgehead atoms. The van der Waals surface area contributed by atoms with Gasteiger partial charge >= 0.3 is 6.18 Å². The number of tetrazole rings is 1. The number of piperazine rings is 1. The minimum atomic E-state index is -4.34. The van der Waals surface area contributed by atoms with Crippen molar-refractivity contribution < 1.29 is 17.6 Å². The Morgan fingerprint density at radius 2 is 1.90 bits per heavy atom. The van der Waals surface area contributed by atoms with Gasteiger partial charge < -0.3 is 9.32 Å². The third kappa shape index (κ3) is 4.90. The van der Waals surface area contributed by atoms with Crippen LogP contribution in [0.4, 0.5) is 18.9 Å². The van der Waals surface area contributed by atoms with E-state index in [0.29, 0.717) is 38.4 Å². The molecule has 1 aliphatic rings. The van der Waals surface area contributed by atoms with E-state index in [9.17, 15) is 13.2 Å². The summed E-state index contributed by atoms with van der Waals surface area (Å²) in [5.41, 5.74) is -0.0161. The maximum Gasteiger partial charge on any atom is 0.416 e. The minimum Gasteiger partial charge on any atom is -0.467 e. The zero-order valence-electron chi connectivity index (χ0n) is 17.3. The molecule has 2 aromatic heterocycles. The Labute approximate surface area is 178 Å². The van der Waals surface area contributed by atoms with Gasteiger partial charge in [0.25, 0.3) is 0 Å². The molecule has 1 aromatic carbocycles. The van der Waals surface area contributed by atoms with Crippen molar-refractivity contribution in [3.05, 3.63) is 59.8 Å². The highest BCUT2D eigenvalue weighted by Crippen LogP contribution is 2.32. The molecule has 1 saturated heterocycles. The van der Waals surface area contributed by atoms with E-state index < -0.39 is 11.7 Å². The molecule has 0 unspecified atom stereocenters. The molecule has 3 aromatic rings. The Hall–Kier alpha value is -2.88. The Kier molecular flexibility index (Phi) is 6.26. The zero-order chi connectivity index (χ0) is 21.8. The average molecular weight is 434 g/mol. The maximum absolute atomic E-state index is 13.1. The molecular weight excluding hydrogens is 409 g/mol. The summed E-state index contributed by atoms with van der Waals surface area (Å²) < 4.78 is 46.4. The lowest BCUT2D eigenvalue weighted by Crippen LogP contribution is -2.48. The van der Waals surface area contributed by atoms with Crippen LogP contribution in [-0.4, -0.2) is 51.3 Å². The van der Waals surface area contributed by atoms with Crippen LogP contribution < -0.4 is 4.90 Å². The molecular formula is C21H25F3N6O. The molecule has 1 aliphatic heterocycles. The van der Waals surface area contributed by atoms with Crippen LogP contribution in [0.5, 0.6) is 0 Å². The van der Waals surface area contributed by atoms with Gasteiger partial charge in [-0.15, -0.1) is 5.10 Å². The van der Waals surface area contributed by atoms with Crippen LogP contribution in [0.1, 0.15) is 43.0 Å². The quantitative estimate of drug-likeness (QED) is 0.560. The largest absolute Gasteiger partial charge is 0.467 e. The second-order valence-electron chi connectivity index (χ2n) is 7.65. The van der Waals surface area contributed by atoms with E-state index >= 15 is 0 Å². The second-order valence-corrected chi connectivity index (χ2v) is 7.65. The van der Waals surface area contributed by atoms with E-state index in [1.165, 1.54) is 12.1 Å². The summed E-state index contributed by atoms with van der Waals surface area (Å²) in [6.45, 7) is 5.29. The summed E-state index contributed by atoms with van der Waals surface area (Å²) in [6.07, 6.45) is -0.862. The van der Waals surface area contributed by atoms with Crippen molar-refractivity contribution in [1.82, 2.24) is 25.1 Å². The normalized spacial score (nSPS) is 16.6. The fraction of sp³-hybridized carbons (Fsp3) is 0.476. The number of halogens is 3. The molecule has 1 fully saturated rings. The van der Waals surface area contributed by atoms with E-state index in [1.807, 2.05) is 17.0 Å². The predicted octanol–water partition coefficient (Wildman–Crippen LogP) is 4.00. The molecule has 0 radical (unpaired) electrons. The number of anilines is 1. The lowest BCUT2D eigenvalue weighted by Gasteiger charge is -2.39. The molecule has 166 valence electrons. The first kappa shape index (κ1) is 21.4. The van der Waals surface area contributed by atoms with Crippen LogP contribution in [0.3, 0.4) is 0 Å². The Balaban J connectivity index is 1.46. The SMILES string of the molecule is CCC[C@@H](c1nnnn1Cc1ccco1)N1CCN(c2cccc(C(F)(F)F)c2)CC1. The van der Waals surface area contributed by atoms with Gasteiger partial charge in [-0.1, -0.05) is 19.4 Å². The standard InChI is InChI=1S/C21H25F3N6O/c1-2-5-19(20-25-26-27-30(20)15-18-8-4-13-31-18)29-11-9-28(10-12-29)17-7-3-6-16(14-17)21(22,23)24/h3-4,6-8,13-14,19H,2,5,9-12,15H2,1H3/t19-/m0/s1. The number of hydrogen-bond acceptors (Lipinski definition) is 6. The highest BCUT2D eigenvalue weighted by atomic mass is 19.4. The van der Waals surface area contributed by atoms with E-state index in [4.69, 9.17) is 4.42 Å². The fourth-order valence-electron chi connectivity index (χ4n) is 4.03. The van der Waals surface area contributed by atoms with Gasteiger partial charge in [0.1, 0.15) is 12.3 Å². The van der Waals surface area contributed by atoms with Crippen LogP contribution in [0.25, 0.3) is 0 Å². The van der Waals surface area contributed by atoms with Gasteiger partial charge in [0.15, 0.2) is 5.82 Å². The van der Waals surface area contributed by atoms with E-state index in [0.717, 1.165) is 30.5 Å². The Bertz CT molecular complexity index is 964. The summed E-state index contributed by atoms with van der Waals surface area (Å²) in [5.74, 6) is 1.56. The van der Waals surface area contributed by atoms with Gasteiger partial charge in [0.05, 0.1) is 17.9 Å². The predicted molar refractivity (Wildman–Crippen MR) is 109 cm³/mol. The highest BCUT2D eigenvalue weighted by Gasteiger charge is 2.32. The van der Waals surface area contributed by atoms with Crippen LogP contribution in [-0.2, 0) is 12.7 Å². The first-order valence-electron chi connectivity index (χ1n) is 10.4. The van der Waals surface area contributed by atoms with Gasteiger partial charge in [-0.25, -0.2) is 4.68 Å². The van der Waals surface area contributed by atoms with Gasteiger partial charge in [-0.2, -0.15) is 13.2 Å². The first-order valence-corrected chi connectivity index (χ1v) is 10.4. The molecule has 3 heterocycles. The third-order valence-electron chi connectivity index (χ3n) is 5.60. The molecule has 0 saturated carbocycles. The average Bonchev–Trinajstić information content (AvgIpc) is 3.44. The van der Waals surface area contributed by atoms with E-state index in [1.54, 1.807) is 17.0 Å². The topological polar surface area (TPSA) is 63.2 Å². The summed E-state index contributed by atoms with van der Waals surface area (Å²) in [4.78, 5) is 4.32. The van der Waals surface area contributed by atoms with Gasteiger partial charge in [-0.3, -0.25) is 4.90 Å². The number of aromatic nitrogens is 4. The maximum atomic E-state index is 13.1. The lowest BCUT2D eigenvalue weighted by atomic mass is 10.1. The number of alkyl halides is 3. The molecule has 0 N–H and O–H groups in total. The molecule has 0 spiro atoms. The second kappa shape index (κ2) is 9.09. The summed E-state index contributed by atoms with van der Waals surface area (Å²) in [6, 6.07) is 9.28. The number of benzene rings is 1. The van der Waals surface area contributed by atoms with Crippen molar-refractivity contribution in [2.75, 3.05) is 31.1 Å². The fourth-order valence-corrected chi connectivity index (χ4v) is 4.03. The summed E-state index contributed by atoms with van der Waals surface area (Å²) in [7, 11) is 0. The van der Waals surface area contributed by atoms with E-state index in [-0.39, 0.29) is 6.04 Å². The molecule has 31 heavy (non-hydrogen) atoms. The van der Waals surface area contributed by atoms with Crippen LogP contribution >= 0.6 is 0 Å². The highest BCUT2D eigenvalue weighted by molar-refractivity contribution is 5.49. The Morgan fingerprint density at radius 3 is 2.58 bits per heavy atom. The van der Waals surface area contributed by atoms with Crippen LogP contribution in [0, 0.1) is 0 Å². The summed E-state index contributed by atoms with van der Waals surface area (Å²) >= 11 is 0. The first-order chi connectivity index (χ1) is 15.0. The minimum absolute atomic E-state index is 0.0404. The third-order valence-corrected chi connectivity index (χ3v) is 5.60. The smallest absolute Gasteiger partial charge is 0.416 e. The van der Waals surface area contributed by atoms with Crippen molar-refractivity contribution in [1.29, 1.82) is 0 Å². The number of nitrogens with zero attached hydrogens (tertiary/aromatic N) is 6. The van der Waals surface area contributed by atoms with Crippen molar-refractivity contribution >= 4 is 5.69 Å². The van der Waals surface area contributed by atoms with Crippen LogP contribution in [0.15, 0.2) is 47.1 Å². The van der Waals surface area contributed by atoms with Crippen molar-refractivity contribution in [2.24, 2.45) is 0 Å². The van der Waals surface area contributed by atoms with E-state index in [2.05, 4.69) is 27.3 Å². The van der Waals surface area contributed by atoms with Crippen molar-refractivity contribution in [2.45, 2.75) is 38.5 Å². The monoisotopic (exact) mass is 434 g/mol. The Morgan fingerprint density at radius 1 is 1.10 bits per heavy atom. The number of rotatable bonds is 7. The molecule has 7 nitrogen and oxygen atoms in total. The molecule has 0 aliphatic carbocycles. The molecule has 10 heteroatoms.